The number of rotatable bonds is 3. The van der Waals surface area contributed by atoms with Gasteiger partial charge in [-0.2, -0.15) is 0 Å². The molecule has 0 fully saturated rings. The van der Waals surface area contributed by atoms with Crippen LogP contribution in [0.2, 0.25) is 0 Å². The fourth-order valence-electron chi connectivity index (χ4n) is 5.51. The first-order valence-corrected chi connectivity index (χ1v) is 20.5. The van der Waals surface area contributed by atoms with E-state index in [4.69, 9.17) is 4.42 Å². The Hall–Kier alpha value is -2.36. The fraction of sp³-hybridized carbons (Fsp3) is 0. The van der Waals surface area contributed by atoms with Crippen LogP contribution in [-0.4, -0.2) is 30.8 Å². The molecule has 49 heavy (non-hydrogen) atoms. The van der Waals surface area contributed by atoms with Gasteiger partial charge in [0.1, 0.15) is 0 Å². The van der Waals surface area contributed by atoms with E-state index in [9.17, 15) is 42.6 Å². The molecule has 230 valence electrons. The number of hydrogen-bond donors (Lipinski definition) is 3. The number of carbonyl (C=O) groups is 3. The standard InChI is InChI=1S/C20H9Br2O5.C14H8O4.Hg.2Na.H2O/c21-13-5-11-17(7-15(13)23)27-18-8-16(24)14(22)6-12(18)19(11)9-3-1-2-4-10(9)20(25)26;15-10-6-5-9-11(14(10)18)13(17)8-4-2-1-3-7(8)12(9)16;;;;/h1-7,24H,(H,25,26);1-6,15,18H;;;;1H2/q;;3*+1;/p-3. The van der Waals surface area contributed by atoms with Crippen LogP contribution >= 0.6 is 31.9 Å². The number of carbonyl (C=O) groups excluding carboxylic acids is 3. The third kappa shape index (κ3) is 7.10. The van der Waals surface area contributed by atoms with Crippen molar-refractivity contribution in [3.8, 4) is 39.7 Å². The molecule has 4 aromatic carbocycles. The van der Waals surface area contributed by atoms with Crippen LogP contribution in [0.25, 0.3) is 33.4 Å². The molecule has 0 bridgehead atoms. The van der Waals surface area contributed by atoms with Crippen molar-refractivity contribution in [2.24, 2.45) is 0 Å². The van der Waals surface area contributed by atoms with E-state index in [1.165, 1.54) is 30.3 Å². The summed E-state index contributed by atoms with van der Waals surface area (Å²) in [5, 5.41) is 43.9. The number of aromatic carboxylic acids is 1. The molecular formula is C34H16Br2HgNa2O10. The monoisotopic (exact) mass is 990 g/mol. The maximum atomic E-state index is 12.5. The smallest absolute Gasteiger partial charge is 0.504 e. The molecule has 3 N–H and O–H groups in total. The summed E-state index contributed by atoms with van der Waals surface area (Å²) in [6.45, 7) is 0. The van der Waals surface area contributed by atoms with Crippen molar-refractivity contribution in [3.05, 3.63) is 126 Å². The Balaban J connectivity index is 0.000000233. The van der Waals surface area contributed by atoms with E-state index in [-0.39, 0.29) is 122 Å². The Morgan fingerprint density at radius 1 is 0.735 bits per heavy atom. The summed E-state index contributed by atoms with van der Waals surface area (Å²) in [7, 11) is 0. The minimum atomic E-state index is -2.75. The van der Waals surface area contributed by atoms with Crippen LogP contribution in [0.3, 0.4) is 0 Å². The predicted octanol–water partition coefficient (Wildman–Crippen LogP) is -1.98. The number of halogens is 2. The van der Waals surface area contributed by atoms with Gasteiger partial charge in [0.2, 0.25) is 0 Å². The largest absolute Gasteiger partial charge is 1.00 e. The first kappa shape index (κ1) is 39.4. The molecule has 0 amide bonds. The number of fused-ring (bicyclic) bond motifs is 4. The summed E-state index contributed by atoms with van der Waals surface area (Å²) in [5.41, 5.74) is 1.70. The topological polar surface area (TPSA) is 188 Å². The average molecular weight is 991 g/mol. The second kappa shape index (κ2) is 15.9. The fourth-order valence-corrected chi connectivity index (χ4v) is 10.2. The van der Waals surface area contributed by atoms with E-state index < -0.39 is 48.3 Å². The number of hydrogen-bond acceptors (Lipinski definition) is 10. The number of aromatic hydroxyl groups is 2. The average Bonchev–Trinajstić information content (AvgIpc) is 3.06. The minimum absolute atomic E-state index is 0. The Labute approximate surface area is 351 Å². The first-order valence-electron chi connectivity index (χ1n) is 13.7. The molecule has 0 saturated carbocycles. The third-order valence-corrected chi connectivity index (χ3v) is 12.6. The van der Waals surface area contributed by atoms with E-state index in [1.54, 1.807) is 48.5 Å². The van der Waals surface area contributed by atoms with Crippen LogP contribution < -0.4 is 77.8 Å². The van der Waals surface area contributed by atoms with Gasteiger partial charge in [0.05, 0.1) is 5.56 Å². The molecule has 2 aliphatic carbocycles. The van der Waals surface area contributed by atoms with Crippen LogP contribution in [0.5, 0.6) is 17.2 Å². The second-order valence-electron chi connectivity index (χ2n) is 10.3. The molecule has 0 saturated heterocycles. The molecule has 4 aromatic rings. The third-order valence-electron chi connectivity index (χ3n) is 7.68. The summed E-state index contributed by atoms with van der Waals surface area (Å²) >= 11 is 3.71. The molecule has 15 heteroatoms. The maximum Gasteiger partial charge on any atom is 1.00 e. The molecule has 0 atom stereocenters. The number of phenolic OH excluding ortho intramolecular Hbond substituents is 2. The predicted molar refractivity (Wildman–Crippen MR) is 169 cm³/mol. The Morgan fingerprint density at radius 3 is 1.98 bits per heavy atom. The van der Waals surface area contributed by atoms with Gasteiger partial charge in [-0.3, -0.25) is 9.59 Å². The van der Waals surface area contributed by atoms with Gasteiger partial charge in [0, 0.05) is 16.7 Å². The van der Waals surface area contributed by atoms with Gasteiger partial charge in [0.15, 0.2) is 23.1 Å². The molecule has 0 aromatic heterocycles. The summed E-state index contributed by atoms with van der Waals surface area (Å²) < 4.78 is 16.6. The molecule has 1 aliphatic heterocycles. The van der Waals surface area contributed by atoms with Crippen LogP contribution in [0.15, 0.2) is 97.0 Å². The van der Waals surface area contributed by atoms with E-state index >= 15 is 0 Å². The molecule has 7 rings (SSSR count). The van der Waals surface area contributed by atoms with Gasteiger partial charge in [0.25, 0.3) is 0 Å². The van der Waals surface area contributed by atoms with Gasteiger partial charge in [-0.05, 0) is 12.1 Å². The van der Waals surface area contributed by atoms with E-state index in [0.29, 0.717) is 27.6 Å². The van der Waals surface area contributed by atoms with Crippen molar-refractivity contribution in [3.63, 3.8) is 0 Å². The molecular weight excluding hydrogens is 975 g/mol. The van der Waals surface area contributed by atoms with Gasteiger partial charge < -0.3 is 10.2 Å². The van der Waals surface area contributed by atoms with Crippen molar-refractivity contribution in [1.82, 2.24) is 0 Å². The minimum Gasteiger partial charge on any atom is -0.504 e. The molecule has 0 spiro atoms. The maximum absolute atomic E-state index is 12.5. The molecule has 1 heterocycles. The van der Waals surface area contributed by atoms with Gasteiger partial charge in [-0.15, -0.1) is 0 Å². The summed E-state index contributed by atoms with van der Waals surface area (Å²) in [5.74, 6) is -3.25. The van der Waals surface area contributed by atoms with Crippen molar-refractivity contribution in [2.75, 3.05) is 0 Å². The summed E-state index contributed by atoms with van der Waals surface area (Å²) in [6.07, 6.45) is 0. The van der Waals surface area contributed by atoms with E-state index in [0.717, 1.165) is 0 Å². The molecule has 3 aliphatic rings. The Kier molecular flexibility index (Phi) is 12.8. The van der Waals surface area contributed by atoms with Crippen molar-refractivity contribution in [1.29, 1.82) is 0 Å². The summed E-state index contributed by atoms with van der Waals surface area (Å²) in [6, 6.07) is 19.7. The molecule has 0 unspecified atom stereocenters. The Bertz CT molecular complexity index is 2360. The van der Waals surface area contributed by atoms with Crippen molar-refractivity contribution in [2.45, 2.75) is 0 Å². The van der Waals surface area contributed by atoms with Crippen LogP contribution in [0.1, 0.15) is 42.2 Å². The van der Waals surface area contributed by atoms with Crippen LogP contribution in [0.4, 0.5) is 0 Å². The zero-order valence-electron chi connectivity index (χ0n) is 25.7. The second-order valence-corrected chi connectivity index (χ2v) is 16.0. The number of benzene rings is 5. The van der Waals surface area contributed by atoms with Crippen molar-refractivity contribution >= 4 is 63.4 Å². The zero-order valence-corrected chi connectivity index (χ0v) is 38.3. The molecule has 10 nitrogen and oxygen atoms in total. The number of ketones is 2. The van der Waals surface area contributed by atoms with E-state index in [2.05, 4.69) is 31.9 Å². The first-order chi connectivity index (χ1) is 22.4. The van der Waals surface area contributed by atoms with Crippen molar-refractivity contribution < 1.29 is 126 Å². The zero-order chi connectivity index (χ0) is 33.7. The SMILES string of the molecule is O=C([O-])c1ccccc1-c1c2cc(Br)c(=O)cc-2oc2[c]([Hg][OH])c([O-])c(Br)cc12.O=C1c2ccccc2C(=O)c2c1ccc(O)c2O.[Na+].[Na+]. The number of phenols is 2. The molecule has 0 radical (unpaired) electrons. The quantitative estimate of drug-likeness (QED) is 0.102. The number of carboxylic acids is 1. The summed E-state index contributed by atoms with van der Waals surface area (Å²) in [4.78, 5) is 48.3. The number of carboxylic acid groups (broad SMARTS) is 1. The van der Waals surface area contributed by atoms with Gasteiger partial charge >= 0.3 is 254 Å². The van der Waals surface area contributed by atoms with Gasteiger partial charge in [-0.1, -0.05) is 24.3 Å². The Morgan fingerprint density at radius 2 is 1.35 bits per heavy atom. The van der Waals surface area contributed by atoms with Gasteiger partial charge in [-0.25, -0.2) is 0 Å². The van der Waals surface area contributed by atoms with Crippen LogP contribution in [-0.2, 0) is 25.0 Å². The van der Waals surface area contributed by atoms with E-state index in [1.807, 2.05) is 0 Å². The normalized spacial score (nSPS) is 11.3. The van der Waals surface area contributed by atoms with Crippen LogP contribution in [0, 0.1) is 0 Å².